The first-order valence-corrected chi connectivity index (χ1v) is 6.51. The Balaban J connectivity index is 2.46. The van der Waals surface area contributed by atoms with E-state index in [1.54, 1.807) is 0 Å². The zero-order chi connectivity index (χ0) is 10.2. The van der Waals surface area contributed by atoms with Gasteiger partial charge in [-0.15, -0.1) is 8.58 Å². The molecular formula is C11H16NOP. The van der Waals surface area contributed by atoms with Crippen molar-refractivity contribution >= 4 is 14.5 Å². The lowest BCUT2D eigenvalue weighted by Crippen LogP contribution is -2.31. The summed E-state index contributed by atoms with van der Waals surface area (Å²) in [5.41, 5.74) is 2.11. The van der Waals surface area contributed by atoms with Gasteiger partial charge < -0.3 is 5.32 Å². The van der Waals surface area contributed by atoms with Crippen molar-refractivity contribution in [3.8, 4) is 0 Å². The smallest absolute Gasteiger partial charge is 0.235 e. The molecule has 2 nitrogen and oxygen atoms in total. The van der Waals surface area contributed by atoms with Crippen molar-refractivity contribution in [1.82, 2.24) is 5.32 Å². The van der Waals surface area contributed by atoms with E-state index in [2.05, 4.69) is 11.4 Å². The van der Waals surface area contributed by atoms with Crippen molar-refractivity contribution in [2.45, 2.75) is 20.3 Å². The number of nitrogens with one attached hydrogen (secondary N) is 1. The summed E-state index contributed by atoms with van der Waals surface area (Å²) in [5, 5.41) is 3.00. The Morgan fingerprint density at radius 3 is 2.71 bits per heavy atom. The molecule has 14 heavy (non-hydrogen) atoms. The summed E-state index contributed by atoms with van der Waals surface area (Å²) in [6.45, 7) is 4.01. The molecule has 0 saturated carbocycles. The van der Waals surface area contributed by atoms with Gasteiger partial charge in [-0.3, -0.25) is 4.79 Å². The minimum absolute atomic E-state index is 0.158. The van der Waals surface area contributed by atoms with Crippen LogP contribution in [0.1, 0.15) is 20.3 Å². The molecule has 2 heterocycles. The van der Waals surface area contributed by atoms with Crippen LogP contribution in [0.15, 0.2) is 23.4 Å². The first-order chi connectivity index (χ1) is 6.74. The molecule has 1 amide bonds. The van der Waals surface area contributed by atoms with Crippen molar-refractivity contribution in [3.63, 3.8) is 0 Å². The molecule has 0 aromatic heterocycles. The van der Waals surface area contributed by atoms with Crippen molar-refractivity contribution in [3.05, 3.63) is 23.4 Å². The Morgan fingerprint density at radius 2 is 2.21 bits per heavy atom. The lowest BCUT2D eigenvalue weighted by molar-refractivity contribution is -0.125. The third kappa shape index (κ3) is 1.17. The number of allylic oxidation sites excluding steroid dienone is 3. The molecule has 0 aromatic carbocycles. The molecule has 2 aliphatic rings. The number of amides is 1. The van der Waals surface area contributed by atoms with E-state index in [-0.39, 0.29) is 11.3 Å². The highest BCUT2D eigenvalue weighted by atomic mass is 31.1. The molecule has 0 aromatic rings. The van der Waals surface area contributed by atoms with Crippen molar-refractivity contribution in [1.29, 1.82) is 0 Å². The Morgan fingerprint density at radius 1 is 1.43 bits per heavy atom. The maximum absolute atomic E-state index is 11.9. The minimum atomic E-state index is -0.158. The van der Waals surface area contributed by atoms with Crippen molar-refractivity contribution in [2.75, 3.05) is 12.3 Å². The monoisotopic (exact) mass is 209 g/mol. The zero-order valence-corrected chi connectivity index (χ0v) is 9.68. The van der Waals surface area contributed by atoms with Gasteiger partial charge in [0.1, 0.15) is 0 Å². The SMILES string of the molecule is C/C=C1\C(=C/C)NC(=O)C12CCPC2. The molecule has 3 heteroatoms. The normalized spacial score (nSPS) is 39.1. The van der Waals surface area contributed by atoms with E-state index in [0.717, 1.165) is 26.9 Å². The average Bonchev–Trinajstić information content (AvgIpc) is 2.76. The van der Waals surface area contributed by atoms with Crippen LogP contribution in [0.25, 0.3) is 0 Å². The third-order valence-corrected chi connectivity index (χ3v) is 4.68. The fraction of sp³-hybridized carbons (Fsp3) is 0.545. The van der Waals surface area contributed by atoms with Gasteiger partial charge in [-0.1, -0.05) is 12.2 Å². The molecule has 2 saturated heterocycles. The second kappa shape index (κ2) is 3.51. The van der Waals surface area contributed by atoms with Crippen molar-refractivity contribution < 1.29 is 4.79 Å². The Hall–Kier alpha value is -0.620. The van der Waals surface area contributed by atoms with E-state index in [1.807, 2.05) is 19.9 Å². The summed E-state index contributed by atoms with van der Waals surface area (Å²) >= 11 is 0. The molecule has 2 atom stereocenters. The summed E-state index contributed by atoms with van der Waals surface area (Å²) in [6, 6.07) is 0. The minimum Gasteiger partial charge on any atom is -0.325 e. The lowest BCUT2D eigenvalue weighted by atomic mass is 9.80. The maximum atomic E-state index is 11.9. The molecule has 2 aliphatic heterocycles. The molecule has 2 rings (SSSR count). The predicted molar refractivity (Wildman–Crippen MR) is 60.8 cm³/mol. The summed E-state index contributed by atoms with van der Waals surface area (Å²) in [7, 11) is 0.951. The number of carbonyl (C=O) groups is 1. The van der Waals surface area contributed by atoms with Crippen LogP contribution < -0.4 is 5.32 Å². The maximum Gasteiger partial charge on any atom is 0.235 e. The number of rotatable bonds is 0. The van der Waals surface area contributed by atoms with Crippen LogP contribution >= 0.6 is 8.58 Å². The molecule has 2 unspecified atom stereocenters. The van der Waals surface area contributed by atoms with Gasteiger partial charge in [0.05, 0.1) is 5.41 Å². The van der Waals surface area contributed by atoms with Crippen LogP contribution in [-0.4, -0.2) is 18.2 Å². The van der Waals surface area contributed by atoms with E-state index >= 15 is 0 Å². The van der Waals surface area contributed by atoms with Crippen LogP contribution in [0.3, 0.4) is 0 Å². The topological polar surface area (TPSA) is 29.1 Å². The highest BCUT2D eigenvalue weighted by Crippen LogP contribution is 2.50. The second-order valence-electron chi connectivity index (χ2n) is 3.87. The molecule has 0 aliphatic carbocycles. The summed E-state index contributed by atoms with van der Waals surface area (Å²) in [6.07, 6.45) is 7.40. The van der Waals surface area contributed by atoms with Crippen LogP contribution in [0.2, 0.25) is 0 Å². The van der Waals surface area contributed by atoms with Gasteiger partial charge >= 0.3 is 0 Å². The molecule has 1 spiro atoms. The standard InChI is InChI=1S/C11H16NOP/c1-3-8-9(4-2)12-10(13)11(8)5-6-14-7-11/h3-4,14H,5-7H2,1-2H3,(H,12,13)/b8-3+,9-4+. The number of carbonyl (C=O) groups excluding carboxylic acids is 1. The molecule has 1 N–H and O–H groups in total. The molecule has 2 fully saturated rings. The van der Waals surface area contributed by atoms with Gasteiger partial charge in [0, 0.05) is 5.70 Å². The van der Waals surface area contributed by atoms with Gasteiger partial charge in [0.15, 0.2) is 0 Å². The number of hydrogen-bond donors (Lipinski definition) is 1. The molecule has 76 valence electrons. The zero-order valence-electron chi connectivity index (χ0n) is 8.68. The summed E-state index contributed by atoms with van der Waals surface area (Å²) < 4.78 is 0. The molecule has 0 radical (unpaired) electrons. The third-order valence-electron chi connectivity index (χ3n) is 3.22. The van der Waals surface area contributed by atoms with E-state index in [4.69, 9.17) is 0 Å². The number of hydrogen-bond acceptors (Lipinski definition) is 1. The van der Waals surface area contributed by atoms with E-state index < -0.39 is 0 Å². The first kappa shape index (κ1) is 9.92. The van der Waals surface area contributed by atoms with Crippen LogP contribution in [-0.2, 0) is 4.79 Å². The average molecular weight is 209 g/mol. The summed E-state index contributed by atoms with van der Waals surface area (Å²) in [4.78, 5) is 11.9. The Bertz CT molecular complexity index is 324. The molecular weight excluding hydrogens is 193 g/mol. The Labute approximate surface area is 86.6 Å². The lowest BCUT2D eigenvalue weighted by Gasteiger charge is -2.20. The highest BCUT2D eigenvalue weighted by Gasteiger charge is 2.49. The van der Waals surface area contributed by atoms with Gasteiger partial charge in [-0.25, -0.2) is 0 Å². The largest absolute Gasteiger partial charge is 0.325 e. The van der Waals surface area contributed by atoms with Gasteiger partial charge in [-0.2, -0.15) is 0 Å². The van der Waals surface area contributed by atoms with Gasteiger partial charge in [-0.05, 0) is 38.2 Å². The fourth-order valence-electron chi connectivity index (χ4n) is 2.46. The van der Waals surface area contributed by atoms with E-state index in [0.29, 0.717) is 0 Å². The predicted octanol–water partition coefficient (Wildman–Crippen LogP) is 2.03. The van der Waals surface area contributed by atoms with Crippen LogP contribution in [0.5, 0.6) is 0 Å². The van der Waals surface area contributed by atoms with Gasteiger partial charge in [0.2, 0.25) is 5.91 Å². The Kier molecular flexibility index (Phi) is 2.48. The van der Waals surface area contributed by atoms with Crippen LogP contribution in [0.4, 0.5) is 0 Å². The molecule has 0 bridgehead atoms. The second-order valence-corrected chi connectivity index (χ2v) is 5.22. The van der Waals surface area contributed by atoms with E-state index in [9.17, 15) is 4.79 Å². The van der Waals surface area contributed by atoms with Crippen molar-refractivity contribution in [2.24, 2.45) is 5.41 Å². The fourth-order valence-corrected chi connectivity index (χ4v) is 4.20. The van der Waals surface area contributed by atoms with Gasteiger partial charge in [0.25, 0.3) is 0 Å². The summed E-state index contributed by atoms with van der Waals surface area (Å²) in [5.74, 6) is 0.226. The first-order valence-electron chi connectivity index (χ1n) is 5.10. The highest BCUT2D eigenvalue weighted by molar-refractivity contribution is 7.38. The van der Waals surface area contributed by atoms with Crippen LogP contribution in [0, 0.1) is 5.41 Å². The quantitative estimate of drug-likeness (QED) is 0.608. The van der Waals surface area contributed by atoms with E-state index in [1.165, 1.54) is 11.7 Å².